The van der Waals surface area contributed by atoms with E-state index in [1.807, 2.05) is 24.3 Å². The van der Waals surface area contributed by atoms with Gasteiger partial charge >= 0.3 is 0 Å². The molecule has 14 heavy (non-hydrogen) atoms. The summed E-state index contributed by atoms with van der Waals surface area (Å²) in [6, 6.07) is 0. The molecule has 0 radical (unpaired) electrons. The van der Waals surface area contributed by atoms with Crippen LogP contribution in [0.25, 0.3) is 0 Å². The number of thioether (sulfide) groups is 1. The van der Waals surface area contributed by atoms with Gasteiger partial charge in [0.25, 0.3) is 0 Å². The Bertz CT molecular complexity index is 261. The summed E-state index contributed by atoms with van der Waals surface area (Å²) in [7, 11) is 1.82. The van der Waals surface area contributed by atoms with Crippen molar-refractivity contribution < 1.29 is 0 Å². The predicted molar refractivity (Wildman–Crippen MR) is 67.9 cm³/mol. The van der Waals surface area contributed by atoms with Crippen LogP contribution in [0.15, 0.2) is 10.9 Å². The molecule has 0 unspecified atom stereocenters. The van der Waals surface area contributed by atoms with Crippen molar-refractivity contribution in [3.8, 4) is 0 Å². The first-order valence-corrected chi connectivity index (χ1v) is 6.74. The predicted octanol–water partition coefficient (Wildman–Crippen LogP) is 1.47. The highest BCUT2D eigenvalue weighted by Crippen LogP contribution is 2.10. The van der Waals surface area contributed by atoms with Gasteiger partial charge < -0.3 is 10.6 Å². The largest absolute Gasteiger partial charge is 0.366 e. The Kier molecular flexibility index (Phi) is 5.89. The second-order valence-electron chi connectivity index (χ2n) is 2.54. The second-order valence-corrected chi connectivity index (χ2v) is 4.77. The summed E-state index contributed by atoms with van der Waals surface area (Å²) in [6.45, 7) is 0.897. The average molecular weight is 247 g/mol. The van der Waals surface area contributed by atoms with E-state index in [0.717, 1.165) is 23.7 Å². The monoisotopic (exact) mass is 247 g/mol. The molecule has 0 aliphatic rings. The highest BCUT2D eigenvalue weighted by molar-refractivity contribution is 7.98. The fourth-order valence-electron chi connectivity index (χ4n) is 0.811. The molecule has 0 aliphatic heterocycles. The van der Waals surface area contributed by atoms with Crippen LogP contribution in [0.1, 0.15) is 5.69 Å². The highest BCUT2D eigenvalue weighted by atomic mass is 32.2. The first-order chi connectivity index (χ1) is 6.83. The number of aromatic nitrogens is 1. The lowest BCUT2D eigenvalue weighted by atomic mass is 10.6. The van der Waals surface area contributed by atoms with Gasteiger partial charge in [-0.3, -0.25) is 0 Å². The lowest BCUT2D eigenvalue weighted by molar-refractivity contribution is 0.942. The van der Waals surface area contributed by atoms with Crippen LogP contribution in [0, 0.1) is 0 Å². The molecule has 0 saturated carbocycles. The van der Waals surface area contributed by atoms with E-state index in [-0.39, 0.29) is 0 Å². The number of thiocarbonyl (C=S) groups is 1. The van der Waals surface area contributed by atoms with Crippen LogP contribution in [-0.4, -0.2) is 29.4 Å². The average Bonchev–Trinajstić information content (AvgIpc) is 2.69. The molecule has 1 aromatic heterocycles. The van der Waals surface area contributed by atoms with Crippen molar-refractivity contribution >= 4 is 40.4 Å². The zero-order valence-electron chi connectivity index (χ0n) is 7.95. The standard InChI is InChI=1S/C8H13N3S3/c1-9-8(12)10-2-3-13-4-7-5-14-6-11-7/h5-6H,2-4H2,1H3,(H2,9,10,12). The van der Waals surface area contributed by atoms with Crippen LogP contribution in [-0.2, 0) is 5.75 Å². The van der Waals surface area contributed by atoms with Crippen molar-refractivity contribution in [2.24, 2.45) is 0 Å². The minimum atomic E-state index is 0.708. The summed E-state index contributed by atoms with van der Waals surface area (Å²) < 4.78 is 0. The van der Waals surface area contributed by atoms with Gasteiger partial charge in [0, 0.05) is 30.5 Å². The zero-order valence-corrected chi connectivity index (χ0v) is 10.4. The number of nitrogens with zero attached hydrogens (tertiary/aromatic N) is 1. The Labute approximate surface area is 97.7 Å². The minimum Gasteiger partial charge on any atom is -0.366 e. The van der Waals surface area contributed by atoms with E-state index in [1.165, 1.54) is 0 Å². The van der Waals surface area contributed by atoms with Gasteiger partial charge in [0.2, 0.25) is 0 Å². The van der Waals surface area contributed by atoms with E-state index < -0.39 is 0 Å². The molecule has 0 spiro atoms. The van der Waals surface area contributed by atoms with Crippen molar-refractivity contribution in [3.63, 3.8) is 0 Å². The van der Waals surface area contributed by atoms with Crippen molar-refractivity contribution in [2.45, 2.75) is 5.75 Å². The Morgan fingerprint density at radius 1 is 1.71 bits per heavy atom. The molecule has 1 heterocycles. The second kappa shape index (κ2) is 7.03. The molecule has 1 rings (SSSR count). The SMILES string of the molecule is CNC(=S)NCCSCc1cscn1. The number of hydrogen-bond donors (Lipinski definition) is 2. The van der Waals surface area contributed by atoms with Gasteiger partial charge in [-0.25, -0.2) is 4.98 Å². The molecule has 78 valence electrons. The summed E-state index contributed by atoms with van der Waals surface area (Å²) in [6.07, 6.45) is 0. The van der Waals surface area contributed by atoms with Crippen LogP contribution in [0.5, 0.6) is 0 Å². The molecule has 0 fully saturated rings. The van der Waals surface area contributed by atoms with Gasteiger partial charge in [-0.2, -0.15) is 11.8 Å². The number of hydrogen-bond acceptors (Lipinski definition) is 4. The Balaban J connectivity index is 1.97. The molecular weight excluding hydrogens is 234 g/mol. The van der Waals surface area contributed by atoms with Crippen LogP contribution in [0.4, 0.5) is 0 Å². The van der Waals surface area contributed by atoms with Crippen LogP contribution < -0.4 is 10.6 Å². The fourth-order valence-corrected chi connectivity index (χ4v) is 2.33. The molecular formula is C8H13N3S3. The Morgan fingerprint density at radius 2 is 2.57 bits per heavy atom. The maximum absolute atomic E-state index is 4.94. The van der Waals surface area contributed by atoms with Gasteiger partial charge in [0.15, 0.2) is 5.11 Å². The van der Waals surface area contributed by atoms with E-state index in [0.29, 0.717) is 5.11 Å². The summed E-state index contributed by atoms with van der Waals surface area (Å²) in [5, 5.41) is 8.75. The number of nitrogens with one attached hydrogen (secondary N) is 2. The van der Waals surface area contributed by atoms with Gasteiger partial charge in [0.05, 0.1) is 11.2 Å². The third kappa shape index (κ3) is 4.78. The minimum absolute atomic E-state index is 0.708. The molecule has 0 amide bonds. The maximum Gasteiger partial charge on any atom is 0.166 e. The third-order valence-electron chi connectivity index (χ3n) is 1.49. The van der Waals surface area contributed by atoms with E-state index in [1.54, 1.807) is 11.3 Å². The summed E-state index contributed by atoms with van der Waals surface area (Å²) >= 11 is 8.44. The Hall–Kier alpha value is -0.330. The van der Waals surface area contributed by atoms with E-state index in [4.69, 9.17) is 12.2 Å². The van der Waals surface area contributed by atoms with E-state index in [9.17, 15) is 0 Å². The Morgan fingerprint density at radius 3 is 3.21 bits per heavy atom. The smallest absolute Gasteiger partial charge is 0.166 e. The lowest BCUT2D eigenvalue weighted by Gasteiger charge is -2.05. The summed E-state index contributed by atoms with van der Waals surface area (Å²) in [4.78, 5) is 4.20. The van der Waals surface area contributed by atoms with Crippen molar-refractivity contribution in [2.75, 3.05) is 19.3 Å². The molecule has 2 N–H and O–H groups in total. The van der Waals surface area contributed by atoms with Crippen LogP contribution >= 0.6 is 35.3 Å². The summed E-state index contributed by atoms with van der Waals surface area (Å²) in [5.74, 6) is 2.02. The molecule has 1 aromatic rings. The lowest BCUT2D eigenvalue weighted by Crippen LogP contribution is -2.33. The van der Waals surface area contributed by atoms with Crippen molar-refractivity contribution in [1.82, 2.24) is 15.6 Å². The molecule has 0 saturated heterocycles. The first kappa shape index (κ1) is 11.7. The molecule has 0 aliphatic carbocycles. The topological polar surface area (TPSA) is 37.0 Å². The summed E-state index contributed by atoms with van der Waals surface area (Å²) in [5.41, 5.74) is 3.03. The van der Waals surface area contributed by atoms with E-state index in [2.05, 4.69) is 21.0 Å². The molecule has 0 aromatic carbocycles. The normalized spacial score (nSPS) is 9.79. The van der Waals surface area contributed by atoms with Crippen LogP contribution in [0.3, 0.4) is 0 Å². The number of thiazole rings is 1. The maximum atomic E-state index is 4.94. The fraction of sp³-hybridized carbons (Fsp3) is 0.500. The van der Waals surface area contributed by atoms with Crippen LogP contribution in [0.2, 0.25) is 0 Å². The van der Waals surface area contributed by atoms with Gasteiger partial charge in [-0.15, -0.1) is 11.3 Å². The highest BCUT2D eigenvalue weighted by Gasteiger charge is 1.95. The van der Waals surface area contributed by atoms with Gasteiger partial charge in [-0.05, 0) is 12.2 Å². The number of rotatable bonds is 5. The molecule has 6 heteroatoms. The van der Waals surface area contributed by atoms with Gasteiger partial charge in [-0.1, -0.05) is 0 Å². The van der Waals surface area contributed by atoms with Gasteiger partial charge in [0.1, 0.15) is 0 Å². The van der Waals surface area contributed by atoms with Crippen molar-refractivity contribution in [1.29, 1.82) is 0 Å². The zero-order chi connectivity index (χ0) is 10.2. The molecule has 0 bridgehead atoms. The quantitative estimate of drug-likeness (QED) is 0.609. The van der Waals surface area contributed by atoms with Crippen molar-refractivity contribution in [3.05, 3.63) is 16.6 Å². The third-order valence-corrected chi connectivity index (χ3v) is 3.47. The first-order valence-electron chi connectivity index (χ1n) is 4.23. The van der Waals surface area contributed by atoms with E-state index >= 15 is 0 Å². The molecule has 0 atom stereocenters. The molecule has 3 nitrogen and oxygen atoms in total.